The van der Waals surface area contributed by atoms with Crippen molar-refractivity contribution in [2.75, 3.05) is 19.0 Å². The van der Waals surface area contributed by atoms with Crippen LogP contribution in [0, 0.1) is 0 Å². The van der Waals surface area contributed by atoms with Crippen LogP contribution in [0.1, 0.15) is 11.3 Å². The molecule has 110 valence electrons. The average Bonchev–Trinajstić information content (AvgIpc) is 2.53. The van der Waals surface area contributed by atoms with Crippen LogP contribution in [0.2, 0.25) is 0 Å². The molecule has 0 bridgehead atoms. The van der Waals surface area contributed by atoms with Crippen LogP contribution in [-0.4, -0.2) is 24.2 Å². The summed E-state index contributed by atoms with van der Waals surface area (Å²) in [6, 6.07) is 17.7. The highest BCUT2D eigenvalue weighted by Gasteiger charge is 2.01. The second kappa shape index (κ2) is 5.90. The number of pyridine rings is 1. The highest BCUT2D eigenvalue weighted by molar-refractivity contribution is 5.81. The summed E-state index contributed by atoms with van der Waals surface area (Å²) >= 11 is 0. The summed E-state index contributed by atoms with van der Waals surface area (Å²) in [5, 5.41) is 11.2. The van der Waals surface area contributed by atoms with Crippen molar-refractivity contribution in [3.05, 3.63) is 65.9 Å². The lowest BCUT2D eigenvalue weighted by Gasteiger charge is -2.13. The van der Waals surface area contributed by atoms with E-state index < -0.39 is 0 Å². The standard InChI is InChI=1S/C19H18N2O/c1-21(2)17-12-9-15(19(22)13-17)8-11-16-10-7-14-5-3-4-6-18(14)20-16/h3-13,22H,1-2H3. The summed E-state index contributed by atoms with van der Waals surface area (Å²) in [6.07, 6.45) is 3.79. The molecule has 0 amide bonds. The van der Waals surface area contributed by atoms with Gasteiger partial charge in [0.2, 0.25) is 0 Å². The minimum atomic E-state index is 0.267. The number of anilines is 1. The molecule has 1 N–H and O–H groups in total. The molecule has 1 heterocycles. The summed E-state index contributed by atoms with van der Waals surface area (Å²) in [6.45, 7) is 0. The Labute approximate surface area is 130 Å². The predicted octanol–water partition coefficient (Wildman–Crippen LogP) is 4.18. The summed E-state index contributed by atoms with van der Waals surface area (Å²) in [5.74, 6) is 0.267. The lowest BCUT2D eigenvalue weighted by Crippen LogP contribution is -2.08. The van der Waals surface area contributed by atoms with E-state index in [0.717, 1.165) is 27.8 Å². The molecule has 0 spiro atoms. The van der Waals surface area contributed by atoms with Gasteiger partial charge in [-0.2, -0.15) is 0 Å². The molecule has 2 aromatic carbocycles. The van der Waals surface area contributed by atoms with Gasteiger partial charge in [0.25, 0.3) is 0 Å². The van der Waals surface area contributed by atoms with Crippen LogP contribution in [0.15, 0.2) is 54.6 Å². The van der Waals surface area contributed by atoms with Gasteiger partial charge in [0, 0.05) is 36.8 Å². The first-order valence-corrected chi connectivity index (χ1v) is 7.18. The van der Waals surface area contributed by atoms with E-state index in [0.29, 0.717) is 0 Å². The van der Waals surface area contributed by atoms with E-state index in [1.54, 1.807) is 6.07 Å². The molecule has 3 aromatic rings. The Kier molecular flexibility index (Phi) is 3.79. The molecule has 0 radical (unpaired) electrons. The highest BCUT2D eigenvalue weighted by Crippen LogP contribution is 2.25. The van der Waals surface area contributed by atoms with E-state index in [2.05, 4.69) is 11.1 Å². The third-order valence-corrected chi connectivity index (χ3v) is 3.58. The molecule has 0 fully saturated rings. The van der Waals surface area contributed by atoms with Gasteiger partial charge in [-0.25, -0.2) is 4.98 Å². The van der Waals surface area contributed by atoms with Gasteiger partial charge in [-0.15, -0.1) is 0 Å². The summed E-state index contributed by atoms with van der Waals surface area (Å²) < 4.78 is 0. The zero-order valence-electron chi connectivity index (χ0n) is 12.7. The van der Waals surface area contributed by atoms with E-state index in [9.17, 15) is 5.11 Å². The minimum absolute atomic E-state index is 0.267. The topological polar surface area (TPSA) is 36.4 Å². The fraction of sp³-hybridized carbons (Fsp3) is 0.105. The number of benzene rings is 2. The zero-order chi connectivity index (χ0) is 15.5. The number of nitrogens with zero attached hydrogens (tertiary/aromatic N) is 2. The predicted molar refractivity (Wildman–Crippen MR) is 93.1 cm³/mol. The average molecular weight is 290 g/mol. The van der Waals surface area contributed by atoms with Crippen molar-refractivity contribution in [2.24, 2.45) is 0 Å². The second-order valence-electron chi connectivity index (χ2n) is 5.40. The number of para-hydroxylation sites is 1. The smallest absolute Gasteiger partial charge is 0.124 e. The van der Waals surface area contributed by atoms with Crippen LogP contribution in [0.3, 0.4) is 0 Å². The number of rotatable bonds is 3. The van der Waals surface area contributed by atoms with Crippen molar-refractivity contribution in [3.8, 4) is 5.75 Å². The fourth-order valence-corrected chi connectivity index (χ4v) is 2.30. The Morgan fingerprint density at radius 2 is 1.77 bits per heavy atom. The quantitative estimate of drug-likeness (QED) is 0.786. The van der Waals surface area contributed by atoms with Gasteiger partial charge >= 0.3 is 0 Å². The number of hydrogen-bond donors (Lipinski definition) is 1. The third-order valence-electron chi connectivity index (χ3n) is 3.58. The van der Waals surface area contributed by atoms with Gasteiger partial charge in [0.15, 0.2) is 0 Å². The normalized spacial score (nSPS) is 11.2. The van der Waals surface area contributed by atoms with E-state index in [-0.39, 0.29) is 5.75 Å². The third kappa shape index (κ3) is 2.93. The van der Waals surface area contributed by atoms with Crippen molar-refractivity contribution in [2.45, 2.75) is 0 Å². The van der Waals surface area contributed by atoms with Crippen LogP contribution < -0.4 is 4.90 Å². The number of phenolic OH excluding ortho intramolecular Hbond substituents is 1. The molecule has 0 aliphatic carbocycles. The number of fused-ring (bicyclic) bond motifs is 1. The SMILES string of the molecule is CN(C)c1ccc(C=Cc2ccc3ccccc3n2)c(O)c1. The molecular formula is C19H18N2O. The summed E-state index contributed by atoms with van der Waals surface area (Å²) in [4.78, 5) is 6.55. The lowest BCUT2D eigenvalue weighted by atomic mass is 10.1. The minimum Gasteiger partial charge on any atom is -0.507 e. The molecule has 0 saturated heterocycles. The Balaban J connectivity index is 1.89. The molecule has 3 heteroatoms. The summed E-state index contributed by atoms with van der Waals surface area (Å²) in [5.41, 5.74) is 3.59. The first-order valence-electron chi connectivity index (χ1n) is 7.18. The number of phenols is 1. The zero-order valence-corrected chi connectivity index (χ0v) is 12.7. The fourth-order valence-electron chi connectivity index (χ4n) is 2.30. The van der Waals surface area contributed by atoms with Crippen LogP contribution in [0.25, 0.3) is 23.1 Å². The van der Waals surface area contributed by atoms with Crippen molar-refractivity contribution in [1.29, 1.82) is 0 Å². The largest absolute Gasteiger partial charge is 0.507 e. The molecule has 0 aliphatic rings. The Hall–Kier alpha value is -2.81. The van der Waals surface area contributed by atoms with Gasteiger partial charge in [0.05, 0.1) is 11.2 Å². The molecule has 0 saturated carbocycles. The Morgan fingerprint density at radius 3 is 2.55 bits per heavy atom. The van der Waals surface area contributed by atoms with Crippen molar-refractivity contribution >= 4 is 28.7 Å². The van der Waals surface area contributed by atoms with Crippen LogP contribution >= 0.6 is 0 Å². The van der Waals surface area contributed by atoms with Gasteiger partial charge in [0.1, 0.15) is 5.75 Å². The maximum Gasteiger partial charge on any atom is 0.124 e. The monoisotopic (exact) mass is 290 g/mol. The van der Waals surface area contributed by atoms with Crippen LogP contribution in [0.4, 0.5) is 5.69 Å². The van der Waals surface area contributed by atoms with Crippen LogP contribution in [0.5, 0.6) is 5.75 Å². The van der Waals surface area contributed by atoms with Gasteiger partial charge in [-0.05, 0) is 36.4 Å². The molecule has 1 aromatic heterocycles. The molecule has 22 heavy (non-hydrogen) atoms. The maximum atomic E-state index is 10.1. The van der Waals surface area contributed by atoms with Crippen molar-refractivity contribution in [3.63, 3.8) is 0 Å². The highest BCUT2D eigenvalue weighted by atomic mass is 16.3. The van der Waals surface area contributed by atoms with Gasteiger partial charge < -0.3 is 10.0 Å². The van der Waals surface area contributed by atoms with Crippen molar-refractivity contribution < 1.29 is 5.11 Å². The van der Waals surface area contributed by atoms with E-state index >= 15 is 0 Å². The van der Waals surface area contributed by atoms with Crippen LogP contribution in [-0.2, 0) is 0 Å². The number of hydrogen-bond acceptors (Lipinski definition) is 3. The van der Waals surface area contributed by atoms with E-state index in [4.69, 9.17) is 0 Å². The number of aromatic nitrogens is 1. The molecule has 3 rings (SSSR count). The lowest BCUT2D eigenvalue weighted by molar-refractivity contribution is 0.474. The van der Waals surface area contributed by atoms with E-state index in [1.165, 1.54) is 0 Å². The van der Waals surface area contributed by atoms with Gasteiger partial charge in [-0.3, -0.25) is 0 Å². The number of aromatic hydroxyl groups is 1. The van der Waals surface area contributed by atoms with Crippen molar-refractivity contribution in [1.82, 2.24) is 4.98 Å². The molecule has 0 aliphatic heterocycles. The first-order chi connectivity index (χ1) is 10.6. The second-order valence-corrected chi connectivity index (χ2v) is 5.40. The Bertz CT molecular complexity index is 838. The van der Waals surface area contributed by atoms with E-state index in [1.807, 2.05) is 73.6 Å². The Morgan fingerprint density at radius 1 is 0.955 bits per heavy atom. The molecule has 0 unspecified atom stereocenters. The molecule has 0 atom stereocenters. The van der Waals surface area contributed by atoms with Gasteiger partial charge in [-0.1, -0.05) is 24.3 Å². The first kappa shape index (κ1) is 14.1. The molecular weight excluding hydrogens is 272 g/mol. The molecule has 3 nitrogen and oxygen atoms in total. The maximum absolute atomic E-state index is 10.1. The summed E-state index contributed by atoms with van der Waals surface area (Å²) in [7, 11) is 3.90.